The maximum absolute atomic E-state index is 13.8. The van der Waals surface area contributed by atoms with Gasteiger partial charge in [-0.1, -0.05) is 26.5 Å². The second kappa shape index (κ2) is 15.2. The number of nitrogens with two attached hydrogens (primary N) is 1. The van der Waals surface area contributed by atoms with Crippen molar-refractivity contribution in [2.75, 3.05) is 26.0 Å². The molecule has 0 radical (unpaired) electrons. The standard InChI is InChI=1S/C35H39N5O7/c1-7-22-16-27(32(41)39-24-12-10-23(11-13-24)31(36)37-5)26(17-29(22)45-6)25-14-15-28(33(42)38-18-21-8-9-21)40-30(25)35(44)47-20(4)46-34(43)19(2)3/h7,10-17,19-21H,1,8-9,18H2,2-6H3,(H2,36,37)(H,38,42)(H,39,41). The fraction of sp³-hybridized carbons (Fsp3) is 0.314. The monoisotopic (exact) mass is 641 g/mol. The Labute approximate surface area is 273 Å². The first-order valence-electron chi connectivity index (χ1n) is 15.1. The minimum Gasteiger partial charge on any atom is -0.496 e. The third-order valence-corrected chi connectivity index (χ3v) is 7.40. The molecule has 0 aliphatic heterocycles. The third-order valence-electron chi connectivity index (χ3n) is 7.40. The highest BCUT2D eigenvalue weighted by atomic mass is 16.7. The zero-order chi connectivity index (χ0) is 34.2. The van der Waals surface area contributed by atoms with Crippen LogP contribution in [0.25, 0.3) is 17.2 Å². The largest absolute Gasteiger partial charge is 0.496 e. The number of carbonyl (C=O) groups excluding carboxylic acids is 4. The molecule has 1 unspecified atom stereocenters. The van der Waals surface area contributed by atoms with E-state index in [0.717, 1.165) is 12.8 Å². The average molecular weight is 642 g/mol. The van der Waals surface area contributed by atoms with Crippen LogP contribution in [0.4, 0.5) is 5.69 Å². The first-order chi connectivity index (χ1) is 22.4. The van der Waals surface area contributed by atoms with Crippen LogP contribution >= 0.6 is 0 Å². The highest BCUT2D eigenvalue weighted by Gasteiger charge is 2.28. The van der Waals surface area contributed by atoms with Crippen LogP contribution in [-0.2, 0) is 14.3 Å². The molecular formula is C35H39N5O7. The summed E-state index contributed by atoms with van der Waals surface area (Å²) in [6.45, 7) is 9.02. The van der Waals surface area contributed by atoms with Crippen molar-refractivity contribution >= 4 is 41.4 Å². The van der Waals surface area contributed by atoms with Crippen molar-refractivity contribution in [2.24, 2.45) is 22.6 Å². The number of nitrogens with one attached hydrogen (secondary N) is 2. The molecule has 2 amide bonds. The fourth-order valence-electron chi connectivity index (χ4n) is 4.53. The van der Waals surface area contributed by atoms with E-state index in [4.69, 9.17) is 19.9 Å². The van der Waals surface area contributed by atoms with Crippen LogP contribution in [0, 0.1) is 11.8 Å². The lowest BCUT2D eigenvalue weighted by Gasteiger charge is -2.19. The molecule has 0 bridgehead atoms. The number of benzene rings is 2. The number of nitrogens with zero attached hydrogens (tertiary/aromatic N) is 2. The summed E-state index contributed by atoms with van der Waals surface area (Å²) in [5.41, 5.74) is 7.89. The first-order valence-corrected chi connectivity index (χ1v) is 15.1. The first kappa shape index (κ1) is 34.4. The smallest absolute Gasteiger partial charge is 0.360 e. The number of pyridine rings is 1. The van der Waals surface area contributed by atoms with Gasteiger partial charge in [0.15, 0.2) is 5.69 Å². The summed E-state index contributed by atoms with van der Waals surface area (Å²) >= 11 is 0. The van der Waals surface area contributed by atoms with Gasteiger partial charge in [-0.15, -0.1) is 0 Å². The summed E-state index contributed by atoms with van der Waals surface area (Å²) in [4.78, 5) is 61.0. The lowest BCUT2D eigenvalue weighted by atomic mass is 9.94. The molecule has 47 heavy (non-hydrogen) atoms. The maximum atomic E-state index is 13.8. The van der Waals surface area contributed by atoms with Crippen LogP contribution in [0.3, 0.4) is 0 Å². The number of hydrogen-bond donors (Lipinski definition) is 3. The number of esters is 2. The molecule has 12 nitrogen and oxygen atoms in total. The molecule has 12 heteroatoms. The molecule has 1 heterocycles. The van der Waals surface area contributed by atoms with Crippen LogP contribution in [0.2, 0.25) is 0 Å². The Morgan fingerprint density at radius 1 is 1.02 bits per heavy atom. The summed E-state index contributed by atoms with van der Waals surface area (Å²) in [6, 6.07) is 12.9. The number of rotatable bonds is 13. The van der Waals surface area contributed by atoms with E-state index in [-0.39, 0.29) is 28.1 Å². The third kappa shape index (κ3) is 8.60. The summed E-state index contributed by atoms with van der Waals surface area (Å²) in [5, 5.41) is 5.70. The van der Waals surface area contributed by atoms with E-state index in [9.17, 15) is 19.2 Å². The molecule has 0 saturated heterocycles. The fourth-order valence-corrected chi connectivity index (χ4v) is 4.53. The lowest BCUT2D eigenvalue weighted by molar-refractivity contribution is -0.169. The molecule has 1 aliphatic rings. The van der Waals surface area contributed by atoms with E-state index in [0.29, 0.717) is 40.9 Å². The SMILES string of the molecule is C=Cc1cc(C(=O)Nc2ccc(/C(N)=N/C)cc2)c(-c2ccc(C(=O)NCC3CC3)nc2C(=O)OC(C)OC(=O)C(C)C)cc1OC. The van der Waals surface area contributed by atoms with Crippen molar-refractivity contribution in [3.8, 4) is 16.9 Å². The van der Waals surface area contributed by atoms with Crippen LogP contribution in [0.5, 0.6) is 5.75 Å². The van der Waals surface area contributed by atoms with Crippen molar-refractivity contribution < 1.29 is 33.4 Å². The number of carbonyl (C=O) groups is 4. The molecule has 246 valence electrons. The Hall–Kier alpha value is -5.52. The van der Waals surface area contributed by atoms with Crippen molar-refractivity contribution in [1.29, 1.82) is 0 Å². The molecule has 1 aliphatic carbocycles. The Bertz CT molecular complexity index is 1710. The number of methoxy groups -OCH3 is 1. The van der Waals surface area contributed by atoms with Gasteiger partial charge in [0.1, 0.15) is 17.3 Å². The number of amidine groups is 1. The minimum atomic E-state index is -1.25. The normalized spacial score (nSPS) is 13.4. The van der Waals surface area contributed by atoms with Crippen molar-refractivity contribution in [3.05, 3.63) is 83.2 Å². The van der Waals surface area contributed by atoms with Gasteiger partial charge in [-0.25, -0.2) is 9.78 Å². The average Bonchev–Trinajstić information content (AvgIpc) is 3.90. The van der Waals surface area contributed by atoms with Crippen LogP contribution in [0.1, 0.15) is 76.1 Å². The van der Waals surface area contributed by atoms with Crippen LogP contribution in [0.15, 0.2) is 60.1 Å². The van der Waals surface area contributed by atoms with E-state index < -0.39 is 36.0 Å². The molecule has 2 aromatic carbocycles. The second-order valence-electron chi connectivity index (χ2n) is 11.3. The van der Waals surface area contributed by atoms with Gasteiger partial charge < -0.3 is 30.6 Å². The van der Waals surface area contributed by atoms with E-state index in [2.05, 4.69) is 27.2 Å². The molecule has 1 saturated carbocycles. The van der Waals surface area contributed by atoms with Crippen molar-refractivity contribution in [2.45, 2.75) is 39.9 Å². The molecule has 1 fully saturated rings. The summed E-state index contributed by atoms with van der Waals surface area (Å²) in [6.07, 6.45) is 2.35. The summed E-state index contributed by atoms with van der Waals surface area (Å²) < 4.78 is 16.2. The van der Waals surface area contributed by atoms with Gasteiger partial charge in [-0.05, 0) is 67.3 Å². The Morgan fingerprint density at radius 2 is 1.72 bits per heavy atom. The Morgan fingerprint density at radius 3 is 2.32 bits per heavy atom. The number of aromatic nitrogens is 1. The zero-order valence-corrected chi connectivity index (χ0v) is 27.1. The summed E-state index contributed by atoms with van der Waals surface area (Å²) in [5.74, 6) is -1.82. The van der Waals surface area contributed by atoms with Crippen LogP contribution in [-0.4, -0.2) is 61.6 Å². The molecular weight excluding hydrogens is 602 g/mol. The van der Waals surface area contributed by atoms with Crippen molar-refractivity contribution in [1.82, 2.24) is 10.3 Å². The molecule has 4 rings (SSSR count). The summed E-state index contributed by atoms with van der Waals surface area (Å²) in [7, 11) is 3.04. The molecule has 4 N–H and O–H groups in total. The van der Waals surface area contributed by atoms with Gasteiger partial charge in [-0.2, -0.15) is 0 Å². The highest BCUT2D eigenvalue weighted by Crippen LogP contribution is 2.35. The second-order valence-corrected chi connectivity index (χ2v) is 11.3. The molecule has 1 atom stereocenters. The van der Waals surface area contributed by atoms with Gasteiger partial charge >= 0.3 is 11.9 Å². The predicted octanol–water partition coefficient (Wildman–Crippen LogP) is 4.83. The van der Waals surface area contributed by atoms with Crippen LogP contribution < -0.4 is 21.1 Å². The number of aliphatic imine (C=N–C) groups is 1. The Balaban J connectivity index is 1.79. The zero-order valence-electron chi connectivity index (χ0n) is 27.1. The number of hydrogen-bond acceptors (Lipinski definition) is 9. The van der Waals surface area contributed by atoms with E-state index in [1.807, 2.05) is 0 Å². The number of anilines is 1. The van der Waals surface area contributed by atoms with Gasteiger partial charge in [0.05, 0.1) is 13.0 Å². The molecule has 0 spiro atoms. The van der Waals surface area contributed by atoms with Gasteiger partial charge in [0, 0.05) is 54.0 Å². The Kier molecular flexibility index (Phi) is 11.1. The minimum absolute atomic E-state index is 0.0242. The predicted molar refractivity (Wildman–Crippen MR) is 178 cm³/mol. The molecule has 3 aromatic rings. The van der Waals surface area contributed by atoms with E-state index in [1.54, 1.807) is 57.3 Å². The lowest BCUT2D eigenvalue weighted by Crippen LogP contribution is -2.28. The van der Waals surface area contributed by atoms with E-state index >= 15 is 0 Å². The van der Waals surface area contributed by atoms with Gasteiger partial charge in [-0.3, -0.25) is 19.4 Å². The van der Waals surface area contributed by atoms with Crippen molar-refractivity contribution in [3.63, 3.8) is 0 Å². The number of ether oxygens (including phenoxy) is 3. The quantitative estimate of drug-likeness (QED) is 0.102. The molecule has 1 aromatic heterocycles. The topological polar surface area (TPSA) is 171 Å². The number of amides is 2. The van der Waals surface area contributed by atoms with Gasteiger partial charge in [0.25, 0.3) is 11.8 Å². The van der Waals surface area contributed by atoms with E-state index in [1.165, 1.54) is 32.2 Å². The highest BCUT2D eigenvalue weighted by molar-refractivity contribution is 6.11. The van der Waals surface area contributed by atoms with Gasteiger partial charge in [0.2, 0.25) is 6.29 Å². The maximum Gasteiger partial charge on any atom is 0.360 e.